The minimum absolute atomic E-state index is 0.186. The van der Waals surface area contributed by atoms with Crippen LogP contribution in [0.3, 0.4) is 0 Å². The molecular formula is C28H21NO6. The summed E-state index contributed by atoms with van der Waals surface area (Å²) in [6.07, 6.45) is 2.78. The summed E-state index contributed by atoms with van der Waals surface area (Å²) >= 11 is 0. The van der Waals surface area contributed by atoms with E-state index in [1.54, 1.807) is 6.08 Å². The van der Waals surface area contributed by atoms with Gasteiger partial charge in [-0.1, -0.05) is 36.4 Å². The molecule has 2 aliphatic rings. The van der Waals surface area contributed by atoms with E-state index in [1.165, 1.54) is 0 Å². The first-order valence-corrected chi connectivity index (χ1v) is 11.1. The van der Waals surface area contributed by atoms with Crippen LogP contribution in [0.2, 0.25) is 0 Å². The average Bonchev–Trinajstić information content (AvgIpc) is 3.61. The molecule has 0 radical (unpaired) electrons. The minimum atomic E-state index is -1.01. The molecular weight excluding hydrogens is 446 g/mol. The minimum Gasteiger partial charge on any atom is -0.478 e. The number of benzene rings is 3. The second-order valence-corrected chi connectivity index (χ2v) is 8.21. The van der Waals surface area contributed by atoms with E-state index < -0.39 is 5.97 Å². The van der Waals surface area contributed by atoms with Gasteiger partial charge in [-0.25, -0.2) is 4.79 Å². The lowest BCUT2D eigenvalue weighted by Gasteiger charge is -2.15. The molecule has 0 saturated carbocycles. The highest BCUT2D eigenvalue weighted by Gasteiger charge is 2.23. The van der Waals surface area contributed by atoms with Crippen LogP contribution in [0, 0.1) is 0 Å². The third-order valence-corrected chi connectivity index (χ3v) is 6.04. The molecule has 1 N–H and O–H groups in total. The van der Waals surface area contributed by atoms with Gasteiger partial charge in [0.05, 0.1) is 5.69 Å². The van der Waals surface area contributed by atoms with Gasteiger partial charge in [-0.2, -0.15) is 0 Å². The number of aromatic nitrogens is 1. The Morgan fingerprint density at radius 1 is 0.800 bits per heavy atom. The van der Waals surface area contributed by atoms with Crippen molar-refractivity contribution >= 4 is 12.0 Å². The SMILES string of the molecule is O=C(O)/C=C/c1cc(-c2ccc3c(c2)OCO3)c(-c2ccc3c(c2)OCO3)n1Cc1ccccc1. The summed E-state index contributed by atoms with van der Waals surface area (Å²) in [7, 11) is 0. The maximum Gasteiger partial charge on any atom is 0.328 e. The number of rotatable bonds is 6. The van der Waals surface area contributed by atoms with Gasteiger partial charge in [0.2, 0.25) is 13.6 Å². The Morgan fingerprint density at radius 2 is 1.43 bits per heavy atom. The van der Waals surface area contributed by atoms with Gasteiger partial charge < -0.3 is 28.6 Å². The van der Waals surface area contributed by atoms with Gasteiger partial charge in [-0.15, -0.1) is 0 Å². The van der Waals surface area contributed by atoms with Gasteiger partial charge in [0.1, 0.15) is 0 Å². The molecule has 0 aliphatic carbocycles. The number of ether oxygens (including phenoxy) is 4. The average molecular weight is 467 g/mol. The molecule has 0 bridgehead atoms. The summed E-state index contributed by atoms with van der Waals surface area (Å²) in [6, 6.07) is 23.7. The number of carbonyl (C=O) groups is 1. The number of carboxylic acids is 1. The van der Waals surface area contributed by atoms with Gasteiger partial charge in [-0.3, -0.25) is 0 Å². The van der Waals surface area contributed by atoms with Crippen LogP contribution in [-0.2, 0) is 11.3 Å². The summed E-state index contributed by atoms with van der Waals surface area (Å²) in [5.41, 5.74) is 5.56. The van der Waals surface area contributed by atoms with Crippen molar-refractivity contribution in [2.45, 2.75) is 6.54 Å². The van der Waals surface area contributed by atoms with E-state index in [2.05, 4.69) is 4.57 Å². The lowest BCUT2D eigenvalue weighted by molar-refractivity contribution is -0.131. The van der Waals surface area contributed by atoms with Crippen LogP contribution in [0.5, 0.6) is 23.0 Å². The highest BCUT2D eigenvalue weighted by Crippen LogP contribution is 2.43. The van der Waals surface area contributed by atoms with Crippen LogP contribution < -0.4 is 18.9 Å². The van der Waals surface area contributed by atoms with Crippen molar-refractivity contribution in [3.05, 3.63) is 90.1 Å². The Kier molecular flexibility index (Phi) is 5.15. The summed E-state index contributed by atoms with van der Waals surface area (Å²) < 4.78 is 24.4. The molecule has 0 spiro atoms. The molecule has 7 nitrogen and oxygen atoms in total. The van der Waals surface area contributed by atoms with Gasteiger partial charge in [0, 0.05) is 29.4 Å². The van der Waals surface area contributed by atoms with Crippen molar-refractivity contribution in [1.29, 1.82) is 0 Å². The molecule has 6 rings (SSSR count). The van der Waals surface area contributed by atoms with Gasteiger partial charge in [-0.05, 0) is 53.6 Å². The van der Waals surface area contributed by atoms with Crippen molar-refractivity contribution < 1.29 is 28.8 Å². The van der Waals surface area contributed by atoms with E-state index in [1.807, 2.05) is 72.8 Å². The van der Waals surface area contributed by atoms with Crippen LogP contribution >= 0.6 is 0 Å². The van der Waals surface area contributed by atoms with E-state index in [0.717, 1.165) is 39.7 Å². The molecule has 0 atom stereocenters. The lowest BCUT2D eigenvalue weighted by Crippen LogP contribution is -2.04. The monoisotopic (exact) mass is 467 g/mol. The Hall–Kier alpha value is -4.65. The zero-order chi connectivity index (χ0) is 23.8. The number of carboxylic acid groups (broad SMARTS) is 1. The zero-order valence-corrected chi connectivity index (χ0v) is 18.6. The molecule has 3 aromatic carbocycles. The van der Waals surface area contributed by atoms with Crippen LogP contribution in [0.4, 0.5) is 0 Å². The smallest absolute Gasteiger partial charge is 0.328 e. The predicted molar refractivity (Wildman–Crippen MR) is 130 cm³/mol. The maximum absolute atomic E-state index is 11.4. The first kappa shape index (κ1) is 20.9. The third-order valence-electron chi connectivity index (χ3n) is 6.04. The molecule has 2 aliphatic heterocycles. The predicted octanol–water partition coefficient (Wildman–Crippen LogP) is 5.43. The Labute approximate surface area is 201 Å². The number of hydrogen-bond donors (Lipinski definition) is 1. The second kappa shape index (κ2) is 8.61. The molecule has 174 valence electrons. The van der Waals surface area contributed by atoms with Gasteiger partial charge in [0.25, 0.3) is 0 Å². The first-order valence-electron chi connectivity index (χ1n) is 11.1. The third kappa shape index (κ3) is 3.97. The topological polar surface area (TPSA) is 79.2 Å². The molecule has 0 fully saturated rings. The second-order valence-electron chi connectivity index (χ2n) is 8.21. The van der Waals surface area contributed by atoms with Crippen molar-refractivity contribution in [3.63, 3.8) is 0 Å². The standard InChI is InChI=1S/C28H21NO6/c30-27(31)11-8-21-14-22(19-6-9-23-25(12-19)34-16-32-23)28(29(21)15-18-4-2-1-3-5-18)20-7-10-24-26(13-20)35-17-33-24/h1-14H,15-17H2,(H,30,31)/b11-8+. The van der Waals surface area contributed by atoms with Crippen molar-refractivity contribution in [1.82, 2.24) is 4.57 Å². The van der Waals surface area contributed by atoms with E-state index >= 15 is 0 Å². The van der Waals surface area contributed by atoms with Crippen molar-refractivity contribution in [2.75, 3.05) is 13.6 Å². The summed E-state index contributed by atoms with van der Waals surface area (Å²) in [4.78, 5) is 11.4. The van der Waals surface area contributed by atoms with Gasteiger partial charge in [0.15, 0.2) is 23.0 Å². The number of hydrogen-bond acceptors (Lipinski definition) is 5. The van der Waals surface area contributed by atoms with Crippen molar-refractivity contribution in [2.24, 2.45) is 0 Å². The van der Waals surface area contributed by atoms with E-state index in [-0.39, 0.29) is 13.6 Å². The van der Waals surface area contributed by atoms with Crippen LogP contribution in [-0.4, -0.2) is 29.2 Å². The Bertz CT molecular complexity index is 1450. The molecule has 4 aromatic rings. The molecule has 0 unspecified atom stereocenters. The van der Waals surface area contributed by atoms with Gasteiger partial charge >= 0.3 is 5.97 Å². The van der Waals surface area contributed by atoms with Crippen LogP contribution in [0.15, 0.2) is 78.9 Å². The molecule has 3 heterocycles. The molecule has 35 heavy (non-hydrogen) atoms. The van der Waals surface area contributed by atoms with Crippen molar-refractivity contribution in [3.8, 4) is 45.4 Å². The molecule has 7 heteroatoms. The first-order chi connectivity index (χ1) is 17.2. The highest BCUT2D eigenvalue weighted by atomic mass is 16.7. The van der Waals surface area contributed by atoms with Crippen LogP contribution in [0.25, 0.3) is 28.5 Å². The Balaban J connectivity index is 1.58. The lowest BCUT2D eigenvalue weighted by atomic mass is 10.00. The van der Waals surface area contributed by atoms with E-state index in [4.69, 9.17) is 18.9 Å². The normalized spacial score (nSPS) is 13.5. The highest BCUT2D eigenvalue weighted by molar-refractivity contribution is 5.89. The number of fused-ring (bicyclic) bond motifs is 2. The molecule has 1 aromatic heterocycles. The summed E-state index contributed by atoms with van der Waals surface area (Å²) in [6.45, 7) is 0.926. The van der Waals surface area contributed by atoms with E-state index in [9.17, 15) is 9.90 Å². The maximum atomic E-state index is 11.4. The number of aliphatic carboxylic acids is 1. The molecule has 0 amide bonds. The fourth-order valence-corrected chi connectivity index (χ4v) is 4.44. The Morgan fingerprint density at radius 3 is 2.11 bits per heavy atom. The number of nitrogens with zero attached hydrogens (tertiary/aromatic N) is 1. The van der Waals surface area contributed by atoms with Crippen LogP contribution in [0.1, 0.15) is 11.3 Å². The summed E-state index contributed by atoms with van der Waals surface area (Å²) in [5, 5.41) is 9.32. The van der Waals surface area contributed by atoms with E-state index in [0.29, 0.717) is 29.5 Å². The summed E-state index contributed by atoms with van der Waals surface area (Å²) in [5.74, 6) is 1.75. The molecule has 0 saturated heterocycles. The quantitative estimate of drug-likeness (QED) is 0.381. The largest absolute Gasteiger partial charge is 0.478 e. The zero-order valence-electron chi connectivity index (χ0n) is 18.6. The fraction of sp³-hybridized carbons (Fsp3) is 0.107. The fourth-order valence-electron chi connectivity index (χ4n) is 4.44.